The number of amides is 1. The van der Waals surface area contributed by atoms with Crippen molar-refractivity contribution in [1.82, 2.24) is 0 Å². The van der Waals surface area contributed by atoms with Crippen LogP contribution in [0.2, 0.25) is 10.0 Å². The molecule has 1 amide bonds. The fourth-order valence-electron chi connectivity index (χ4n) is 1.16. The Balaban J connectivity index is 2.60. The summed E-state index contributed by atoms with van der Waals surface area (Å²) in [7, 11) is 0. The van der Waals surface area contributed by atoms with Crippen LogP contribution in [-0.4, -0.2) is 12.5 Å². The molecule has 0 saturated heterocycles. The van der Waals surface area contributed by atoms with Gasteiger partial charge in [-0.15, -0.1) is 0 Å². The van der Waals surface area contributed by atoms with Crippen LogP contribution < -0.4 is 15.8 Å². The lowest BCUT2D eigenvalue weighted by molar-refractivity contribution is -0.118. The zero-order chi connectivity index (χ0) is 10.3. The van der Waals surface area contributed by atoms with Crippen molar-refractivity contribution in [3.63, 3.8) is 0 Å². The monoisotopic (exact) mass is 232 g/mol. The van der Waals surface area contributed by atoms with Gasteiger partial charge in [0.05, 0.1) is 15.7 Å². The topological polar surface area (TPSA) is 64.3 Å². The van der Waals surface area contributed by atoms with Crippen molar-refractivity contribution in [3.8, 4) is 5.75 Å². The molecule has 1 aliphatic rings. The summed E-state index contributed by atoms with van der Waals surface area (Å²) in [6.45, 7) is -0.0381. The highest BCUT2D eigenvalue weighted by Crippen LogP contribution is 2.42. The molecule has 4 nitrogen and oxygen atoms in total. The maximum atomic E-state index is 11.0. The van der Waals surface area contributed by atoms with Crippen molar-refractivity contribution in [3.05, 3.63) is 16.1 Å². The normalized spacial score (nSPS) is 14.3. The van der Waals surface area contributed by atoms with Gasteiger partial charge in [-0.3, -0.25) is 4.79 Å². The zero-order valence-corrected chi connectivity index (χ0v) is 8.45. The molecule has 2 rings (SSSR count). The van der Waals surface area contributed by atoms with Crippen LogP contribution in [0, 0.1) is 0 Å². The fourth-order valence-corrected chi connectivity index (χ4v) is 1.65. The molecule has 3 N–H and O–H groups in total. The van der Waals surface area contributed by atoms with E-state index in [2.05, 4.69) is 5.32 Å². The van der Waals surface area contributed by atoms with Crippen molar-refractivity contribution in [1.29, 1.82) is 0 Å². The first-order valence-electron chi connectivity index (χ1n) is 3.79. The van der Waals surface area contributed by atoms with E-state index in [9.17, 15) is 4.79 Å². The molecule has 0 radical (unpaired) electrons. The van der Waals surface area contributed by atoms with Crippen LogP contribution >= 0.6 is 23.2 Å². The molecule has 0 fully saturated rings. The molecular weight excluding hydrogens is 227 g/mol. The Morgan fingerprint density at radius 3 is 2.93 bits per heavy atom. The second-order valence-electron chi connectivity index (χ2n) is 2.80. The van der Waals surface area contributed by atoms with Crippen LogP contribution in [0.5, 0.6) is 5.75 Å². The van der Waals surface area contributed by atoms with Crippen molar-refractivity contribution in [2.75, 3.05) is 17.7 Å². The summed E-state index contributed by atoms with van der Waals surface area (Å²) in [5.41, 5.74) is 6.19. The molecule has 0 bridgehead atoms. The standard InChI is InChI=1S/C8H6Cl2N2O2/c9-3-1-4-8(6(10)7(3)11)12-5(13)2-14-4/h1H,2,11H2,(H,12,13). The number of hydrogen-bond donors (Lipinski definition) is 2. The number of benzene rings is 1. The van der Waals surface area contributed by atoms with Crippen LogP contribution in [0.25, 0.3) is 0 Å². The minimum absolute atomic E-state index is 0.0381. The maximum Gasteiger partial charge on any atom is 0.262 e. The van der Waals surface area contributed by atoms with E-state index in [1.165, 1.54) is 6.07 Å². The van der Waals surface area contributed by atoms with E-state index in [1.807, 2.05) is 0 Å². The summed E-state index contributed by atoms with van der Waals surface area (Å²) in [4.78, 5) is 11.0. The highest BCUT2D eigenvalue weighted by atomic mass is 35.5. The lowest BCUT2D eigenvalue weighted by Crippen LogP contribution is -2.25. The van der Waals surface area contributed by atoms with Gasteiger partial charge in [0, 0.05) is 6.07 Å². The molecule has 1 aromatic carbocycles. The average Bonchev–Trinajstić information content (AvgIpc) is 2.16. The highest BCUT2D eigenvalue weighted by molar-refractivity contribution is 6.41. The minimum atomic E-state index is -0.263. The first-order chi connectivity index (χ1) is 6.59. The molecule has 6 heteroatoms. The predicted molar refractivity (Wildman–Crippen MR) is 55.0 cm³/mol. The highest BCUT2D eigenvalue weighted by Gasteiger charge is 2.21. The van der Waals surface area contributed by atoms with Crippen molar-refractivity contribution in [2.24, 2.45) is 0 Å². The maximum absolute atomic E-state index is 11.0. The molecule has 0 saturated carbocycles. The quantitative estimate of drug-likeness (QED) is 0.672. The Morgan fingerprint density at radius 2 is 2.21 bits per heavy atom. The van der Waals surface area contributed by atoms with Crippen LogP contribution in [0.1, 0.15) is 0 Å². The number of nitrogens with one attached hydrogen (secondary N) is 1. The number of rotatable bonds is 0. The SMILES string of the molecule is Nc1c(Cl)cc2c(c1Cl)NC(=O)CO2. The van der Waals surface area contributed by atoms with Gasteiger partial charge in [-0.1, -0.05) is 23.2 Å². The lowest BCUT2D eigenvalue weighted by atomic mass is 10.2. The van der Waals surface area contributed by atoms with E-state index >= 15 is 0 Å². The number of ether oxygens (including phenoxy) is 1. The largest absolute Gasteiger partial charge is 0.481 e. The Hall–Kier alpha value is -1.13. The summed E-state index contributed by atoms with van der Waals surface area (Å²) in [6, 6.07) is 1.53. The lowest BCUT2D eigenvalue weighted by Gasteiger charge is -2.20. The summed E-state index contributed by atoms with van der Waals surface area (Å²) >= 11 is 11.7. The third-order valence-corrected chi connectivity index (χ3v) is 2.55. The van der Waals surface area contributed by atoms with E-state index in [4.69, 9.17) is 33.7 Å². The zero-order valence-electron chi connectivity index (χ0n) is 6.93. The second-order valence-corrected chi connectivity index (χ2v) is 3.58. The number of anilines is 2. The van der Waals surface area contributed by atoms with Gasteiger partial charge in [0.2, 0.25) is 0 Å². The smallest absolute Gasteiger partial charge is 0.262 e. The summed E-state index contributed by atoms with van der Waals surface area (Å²) in [5.74, 6) is 0.176. The molecule has 0 atom stereocenters. The number of carbonyl (C=O) groups is 1. The van der Waals surface area contributed by atoms with Crippen molar-refractivity contribution < 1.29 is 9.53 Å². The first kappa shape index (κ1) is 9.43. The van der Waals surface area contributed by atoms with Gasteiger partial charge in [-0.05, 0) is 0 Å². The summed E-state index contributed by atoms with van der Waals surface area (Å²) in [6.07, 6.45) is 0. The third-order valence-electron chi connectivity index (χ3n) is 1.84. The van der Waals surface area contributed by atoms with Gasteiger partial charge in [-0.2, -0.15) is 0 Å². The van der Waals surface area contributed by atoms with E-state index in [1.54, 1.807) is 0 Å². The van der Waals surface area contributed by atoms with Crippen LogP contribution in [0.4, 0.5) is 11.4 Å². The Bertz CT molecular complexity index is 420. The number of fused-ring (bicyclic) bond motifs is 1. The Labute approximate surface area is 89.9 Å². The third kappa shape index (κ3) is 1.36. The molecular formula is C8H6Cl2N2O2. The van der Waals surface area contributed by atoms with Crippen molar-refractivity contribution in [2.45, 2.75) is 0 Å². The van der Waals surface area contributed by atoms with Gasteiger partial charge >= 0.3 is 0 Å². The predicted octanol–water partition coefficient (Wildman–Crippen LogP) is 1.91. The van der Waals surface area contributed by atoms with Crippen LogP contribution in [0.3, 0.4) is 0 Å². The Kier molecular flexibility index (Phi) is 2.17. The number of nitrogen functional groups attached to an aromatic ring is 1. The molecule has 0 spiro atoms. The number of nitrogens with two attached hydrogens (primary N) is 1. The molecule has 0 aromatic heterocycles. The fraction of sp³-hybridized carbons (Fsp3) is 0.125. The molecule has 1 aromatic rings. The number of hydrogen-bond acceptors (Lipinski definition) is 3. The number of halogens is 2. The van der Waals surface area contributed by atoms with E-state index in [0.29, 0.717) is 16.5 Å². The first-order valence-corrected chi connectivity index (χ1v) is 4.55. The van der Waals surface area contributed by atoms with Gasteiger partial charge in [0.1, 0.15) is 11.4 Å². The minimum Gasteiger partial charge on any atom is -0.481 e. The van der Waals surface area contributed by atoms with E-state index in [0.717, 1.165) is 0 Å². The van der Waals surface area contributed by atoms with Gasteiger partial charge in [-0.25, -0.2) is 0 Å². The second kappa shape index (κ2) is 3.22. The molecule has 0 unspecified atom stereocenters. The van der Waals surface area contributed by atoms with E-state index < -0.39 is 0 Å². The van der Waals surface area contributed by atoms with Crippen molar-refractivity contribution >= 4 is 40.5 Å². The molecule has 14 heavy (non-hydrogen) atoms. The van der Waals surface area contributed by atoms with E-state index in [-0.39, 0.29) is 23.2 Å². The number of carbonyl (C=O) groups excluding carboxylic acids is 1. The molecule has 74 valence electrons. The van der Waals surface area contributed by atoms with Gasteiger partial charge in [0.25, 0.3) is 5.91 Å². The van der Waals surface area contributed by atoms with Crippen LogP contribution in [-0.2, 0) is 4.79 Å². The average molecular weight is 233 g/mol. The van der Waals surface area contributed by atoms with Gasteiger partial charge in [0.15, 0.2) is 6.61 Å². The summed E-state index contributed by atoms with van der Waals surface area (Å²) in [5, 5.41) is 3.08. The molecule has 0 aliphatic carbocycles. The Morgan fingerprint density at radius 1 is 1.50 bits per heavy atom. The van der Waals surface area contributed by atoms with Gasteiger partial charge < -0.3 is 15.8 Å². The summed E-state index contributed by atoms with van der Waals surface area (Å²) < 4.78 is 5.12. The van der Waals surface area contributed by atoms with Crippen LogP contribution in [0.15, 0.2) is 6.07 Å². The molecule has 1 heterocycles. The molecule has 1 aliphatic heterocycles.